The Kier molecular flexibility index (Phi) is 9.64. The monoisotopic (exact) mass is 337 g/mol. The summed E-state index contributed by atoms with van der Waals surface area (Å²) in [5.74, 6) is 0. The zero-order chi connectivity index (χ0) is 15.3. The first-order valence-corrected chi connectivity index (χ1v) is 9.20. The minimum Gasteiger partial charge on any atom is -0.412 e. The summed E-state index contributed by atoms with van der Waals surface area (Å²) < 4.78 is 22.2. The maximum Gasteiger partial charge on any atom is 0.369 e. The molecule has 0 saturated carbocycles. The van der Waals surface area contributed by atoms with Crippen molar-refractivity contribution in [2.75, 3.05) is 20.1 Å². The van der Waals surface area contributed by atoms with Crippen molar-refractivity contribution in [3.8, 4) is 0 Å². The lowest BCUT2D eigenvalue weighted by atomic mass is 10.2. The fraction of sp³-hybridized carbons (Fsp3) is 1.00. The van der Waals surface area contributed by atoms with E-state index in [-0.39, 0.29) is 12.0 Å². The van der Waals surface area contributed by atoms with Crippen molar-refractivity contribution in [2.45, 2.75) is 37.7 Å². The molecule has 0 fully saturated rings. The average molecular weight is 337 g/mol. The minimum atomic E-state index is -5.33. The van der Waals surface area contributed by atoms with E-state index in [0.717, 1.165) is 19.3 Å². The molecule has 0 rings (SSSR count). The molecular weight excluding hydrogens is 312 g/mol. The van der Waals surface area contributed by atoms with E-state index in [0.29, 0.717) is 6.54 Å². The summed E-state index contributed by atoms with van der Waals surface area (Å²) in [6, 6.07) is 0. The van der Waals surface area contributed by atoms with Gasteiger partial charge >= 0.3 is 15.2 Å². The smallest absolute Gasteiger partial charge is 0.369 e. The van der Waals surface area contributed by atoms with Crippen LogP contribution in [0.5, 0.6) is 0 Å². The molecule has 0 aliphatic carbocycles. The number of nitrogens with zero attached hydrogens (tertiary/aromatic N) is 1. The van der Waals surface area contributed by atoms with Crippen LogP contribution in [-0.2, 0) is 9.13 Å². The maximum atomic E-state index is 11.1. The molecule has 0 aliphatic rings. The molecule has 0 amide bonds. The van der Waals surface area contributed by atoms with Gasteiger partial charge in [-0.3, -0.25) is 9.13 Å². The maximum absolute atomic E-state index is 11.1. The number of hydrogen-bond acceptors (Lipinski definition) is 4. The molecule has 7 N–H and O–H groups in total. The largest absolute Gasteiger partial charge is 0.412 e. The molecule has 20 heavy (non-hydrogen) atoms. The molecule has 11 heteroatoms. The minimum absolute atomic E-state index is 0. The Morgan fingerprint density at radius 3 is 1.80 bits per heavy atom. The molecule has 0 bridgehead atoms. The average Bonchev–Trinajstić information content (AvgIpc) is 2.23. The lowest BCUT2D eigenvalue weighted by Crippen LogP contribution is -2.34. The van der Waals surface area contributed by atoms with Crippen LogP contribution >= 0.6 is 15.2 Å². The number of hydrogen-bond donors (Lipinski definition) is 5. The lowest BCUT2D eigenvalue weighted by molar-refractivity contribution is 0.112. The van der Waals surface area contributed by atoms with E-state index in [1.165, 1.54) is 0 Å². The van der Waals surface area contributed by atoms with Crippen molar-refractivity contribution in [2.24, 2.45) is 0 Å². The molecule has 0 saturated heterocycles. The molecule has 124 valence electrons. The Bertz CT molecular complexity index is 343. The van der Waals surface area contributed by atoms with Crippen LogP contribution in [0.1, 0.15) is 32.6 Å². The first-order chi connectivity index (χ1) is 8.45. The molecular formula is C9H25NO8P2. The van der Waals surface area contributed by atoms with E-state index < -0.39 is 26.7 Å². The summed E-state index contributed by atoms with van der Waals surface area (Å²) in [6.45, 7) is 2.64. The number of rotatable bonds is 9. The normalized spacial score (nSPS) is 13.4. The molecule has 0 unspecified atom stereocenters. The Morgan fingerprint density at radius 1 is 1.00 bits per heavy atom. The number of unbranched alkanes of at least 4 members (excludes halogenated alkanes) is 2. The highest BCUT2D eigenvalue weighted by atomic mass is 31.2. The predicted molar refractivity (Wildman–Crippen MR) is 74.3 cm³/mol. The summed E-state index contributed by atoms with van der Waals surface area (Å²) in [5, 5.41) is 6.35. The van der Waals surface area contributed by atoms with E-state index in [9.17, 15) is 14.2 Å². The third-order valence-corrected chi connectivity index (χ3v) is 6.78. The molecule has 0 aliphatic heterocycles. The zero-order valence-corrected chi connectivity index (χ0v) is 13.4. The van der Waals surface area contributed by atoms with Crippen molar-refractivity contribution in [1.82, 2.24) is 4.90 Å². The van der Waals surface area contributed by atoms with Gasteiger partial charge in [-0.05, 0) is 20.0 Å². The SMILES string of the molecule is CCCCCN(C)CCC(O)(P(=O)(O)O)P(=O)(O)O.O. The van der Waals surface area contributed by atoms with E-state index in [2.05, 4.69) is 0 Å². The van der Waals surface area contributed by atoms with E-state index in [1.54, 1.807) is 11.9 Å². The zero-order valence-electron chi connectivity index (χ0n) is 11.6. The quantitative estimate of drug-likeness (QED) is 0.281. The Labute approximate surface area is 118 Å². The van der Waals surface area contributed by atoms with Gasteiger partial charge in [0.15, 0.2) is 0 Å². The molecule has 0 aromatic heterocycles. The van der Waals surface area contributed by atoms with Crippen LogP contribution in [0.2, 0.25) is 0 Å². The van der Waals surface area contributed by atoms with Gasteiger partial charge < -0.3 is 35.1 Å². The summed E-state index contributed by atoms with van der Waals surface area (Å²) in [6.07, 6.45) is 2.19. The molecule has 0 aromatic rings. The van der Waals surface area contributed by atoms with Crippen molar-refractivity contribution in [3.63, 3.8) is 0 Å². The van der Waals surface area contributed by atoms with Gasteiger partial charge in [0, 0.05) is 13.0 Å². The third-order valence-electron chi connectivity index (χ3n) is 2.91. The van der Waals surface area contributed by atoms with Crippen molar-refractivity contribution < 1.29 is 39.3 Å². The van der Waals surface area contributed by atoms with Crippen LogP contribution in [0.4, 0.5) is 0 Å². The molecule has 0 spiro atoms. The molecule has 0 aromatic carbocycles. The summed E-state index contributed by atoms with van der Waals surface area (Å²) in [5.41, 5.74) is 0. The highest BCUT2D eigenvalue weighted by molar-refractivity contribution is 7.72. The third kappa shape index (κ3) is 6.30. The Balaban J connectivity index is 0. The molecule has 0 heterocycles. The molecule has 0 radical (unpaired) electrons. The van der Waals surface area contributed by atoms with Crippen LogP contribution in [0.15, 0.2) is 0 Å². The fourth-order valence-corrected chi connectivity index (χ4v) is 3.69. The molecule has 0 atom stereocenters. The van der Waals surface area contributed by atoms with Gasteiger partial charge in [-0.25, -0.2) is 0 Å². The topological polar surface area (TPSA) is 170 Å². The van der Waals surface area contributed by atoms with Crippen molar-refractivity contribution in [1.29, 1.82) is 0 Å². The predicted octanol–water partition coefficient (Wildman–Crippen LogP) is -0.325. The van der Waals surface area contributed by atoms with Gasteiger partial charge in [-0.15, -0.1) is 0 Å². The van der Waals surface area contributed by atoms with Crippen LogP contribution in [0.3, 0.4) is 0 Å². The standard InChI is InChI=1S/C9H23NO7P2.H2O/c1-3-4-5-7-10(2)8-6-9(11,18(12,13)14)19(15,16)17;/h11H,3-8H2,1-2H3,(H2,12,13,14)(H2,15,16,17);1H2. The van der Waals surface area contributed by atoms with Crippen LogP contribution in [0.25, 0.3) is 0 Å². The second kappa shape index (κ2) is 8.58. The van der Waals surface area contributed by atoms with Gasteiger partial charge in [-0.2, -0.15) is 0 Å². The van der Waals surface area contributed by atoms with Crippen molar-refractivity contribution in [3.05, 3.63) is 0 Å². The first-order valence-electron chi connectivity index (χ1n) is 5.98. The van der Waals surface area contributed by atoms with E-state index in [4.69, 9.17) is 19.6 Å². The summed E-state index contributed by atoms with van der Waals surface area (Å²) >= 11 is 0. The van der Waals surface area contributed by atoms with Crippen LogP contribution in [-0.4, -0.2) is 60.3 Å². The van der Waals surface area contributed by atoms with E-state index in [1.807, 2.05) is 6.92 Å². The van der Waals surface area contributed by atoms with Gasteiger partial charge in [0.1, 0.15) is 0 Å². The summed E-state index contributed by atoms with van der Waals surface area (Å²) in [7, 11) is -9.00. The summed E-state index contributed by atoms with van der Waals surface area (Å²) in [4.78, 5) is 37.5. The van der Waals surface area contributed by atoms with Crippen LogP contribution < -0.4 is 0 Å². The number of aliphatic hydroxyl groups is 1. The lowest BCUT2D eigenvalue weighted by Gasteiger charge is -2.30. The fourth-order valence-electron chi connectivity index (χ4n) is 1.55. The molecule has 9 nitrogen and oxygen atoms in total. The van der Waals surface area contributed by atoms with Gasteiger partial charge in [0.25, 0.3) is 5.08 Å². The highest BCUT2D eigenvalue weighted by Crippen LogP contribution is 2.68. The van der Waals surface area contributed by atoms with Gasteiger partial charge in [0.2, 0.25) is 0 Å². The highest BCUT2D eigenvalue weighted by Gasteiger charge is 2.58. The van der Waals surface area contributed by atoms with Gasteiger partial charge in [-0.1, -0.05) is 19.8 Å². The Hall–Kier alpha value is 0.180. The second-order valence-corrected chi connectivity index (χ2v) is 8.63. The van der Waals surface area contributed by atoms with Gasteiger partial charge in [0.05, 0.1) is 0 Å². The Morgan fingerprint density at radius 2 is 1.45 bits per heavy atom. The van der Waals surface area contributed by atoms with Crippen molar-refractivity contribution >= 4 is 15.2 Å². The first kappa shape index (κ1) is 22.5. The van der Waals surface area contributed by atoms with E-state index >= 15 is 0 Å². The second-order valence-electron chi connectivity index (χ2n) is 4.62. The van der Waals surface area contributed by atoms with Crippen LogP contribution in [0, 0.1) is 0 Å².